The first-order valence-electron chi connectivity index (χ1n) is 13.1. The molecule has 206 valence electrons. The van der Waals surface area contributed by atoms with Crippen molar-refractivity contribution in [2.75, 3.05) is 19.8 Å². The zero-order valence-electron chi connectivity index (χ0n) is 21.5. The van der Waals surface area contributed by atoms with Crippen LogP contribution < -0.4 is 4.74 Å². The van der Waals surface area contributed by atoms with Gasteiger partial charge in [-0.1, -0.05) is 56.2 Å². The first kappa shape index (κ1) is 28.3. The summed E-state index contributed by atoms with van der Waals surface area (Å²) < 4.78 is 82.5. The fourth-order valence-corrected chi connectivity index (χ4v) is 4.68. The number of fused-ring (bicyclic) bond motifs is 1. The van der Waals surface area contributed by atoms with Gasteiger partial charge in [0, 0.05) is 17.7 Å². The van der Waals surface area contributed by atoms with Crippen LogP contribution in [-0.2, 0) is 28.7 Å². The minimum absolute atomic E-state index is 0.210. The maximum absolute atomic E-state index is 15.2. The van der Waals surface area contributed by atoms with Crippen molar-refractivity contribution in [3.8, 4) is 5.75 Å². The van der Waals surface area contributed by atoms with Crippen molar-refractivity contribution >= 4 is 10.8 Å². The second-order valence-electron chi connectivity index (χ2n) is 9.91. The highest BCUT2D eigenvalue weighted by atomic mass is 19.4. The van der Waals surface area contributed by atoms with Gasteiger partial charge in [-0.2, -0.15) is 13.2 Å². The summed E-state index contributed by atoms with van der Waals surface area (Å²) in [5, 5.41) is 1.31. The number of ether oxygens (including phenoxy) is 3. The molecule has 1 fully saturated rings. The van der Waals surface area contributed by atoms with Crippen molar-refractivity contribution in [1.29, 1.82) is 0 Å². The molecule has 1 saturated heterocycles. The normalized spacial score (nSPS) is 18.2. The summed E-state index contributed by atoms with van der Waals surface area (Å²) in [5.41, 5.74) is 2.11. The Hall–Kier alpha value is -2.71. The van der Waals surface area contributed by atoms with Crippen LogP contribution in [0.15, 0.2) is 48.5 Å². The van der Waals surface area contributed by atoms with E-state index in [-0.39, 0.29) is 12.1 Å². The van der Waals surface area contributed by atoms with Crippen molar-refractivity contribution in [3.63, 3.8) is 0 Å². The first-order valence-corrected chi connectivity index (χ1v) is 13.1. The van der Waals surface area contributed by atoms with Crippen molar-refractivity contribution < 1.29 is 36.2 Å². The van der Waals surface area contributed by atoms with E-state index in [2.05, 4.69) is 11.7 Å². The molecule has 3 aromatic rings. The van der Waals surface area contributed by atoms with E-state index in [0.717, 1.165) is 49.5 Å². The Bertz CT molecular complexity index is 1200. The average molecular weight is 537 g/mol. The van der Waals surface area contributed by atoms with Crippen LogP contribution in [0.3, 0.4) is 0 Å². The van der Waals surface area contributed by atoms with Crippen molar-refractivity contribution in [2.24, 2.45) is 5.92 Å². The molecule has 38 heavy (non-hydrogen) atoms. The van der Waals surface area contributed by atoms with Gasteiger partial charge in [-0.3, -0.25) is 0 Å². The van der Waals surface area contributed by atoms with E-state index < -0.39 is 24.3 Å². The van der Waals surface area contributed by atoms with Crippen molar-refractivity contribution in [1.82, 2.24) is 0 Å². The number of rotatable bonds is 11. The molecule has 3 aromatic carbocycles. The number of aryl methyl sites for hydroxylation is 3. The number of unbranched alkanes of at least 4 members (excludes halogenated alkanes) is 1. The van der Waals surface area contributed by atoms with Gasteiger partial charge in [0.2, 0.25) is 0 Å². The number of halogens is 5. The summed E-state index contributed by atoms with van der Waals surface area (Å²) in [6.45, 7) is 2.09. The Morgan fingerprint density at radius 3 is 2.32 bits per heavy atom. The second kappa shape index (κ2) is 12.9. The number of hydrogen-bond acceptors (Lipinski definition) is 3. The van der Waals surface area contributed by atoms with Gasteiger partial charge in [-0.15, -0.1) is 0 Å². The van der Waals surface area contributed by atoms with Gasteiger partial charge in [-0.25, -0.2) is 8.78 Å². The average Bonchev–Trinajstić information content (AvgIpc) is 2.90. The molecule has 0 atom stereocenters. The summed E-state index contributed by atoms with van der Waals surface area (Å²) in [4.78, 5) is 0. The predicted octanol–water partition coefficient (Wildman–Crippen LogP) is 7.96. The van der Waals surface area contributed by atoms with E-state index >= 15 is 4.39 Å². The zero-order chi connectivity index (χ0) is 27.1. The van der Waals surface area contributed by atoms with Gasteiger partial charge >= 0.3 is 6.18 Å². The first-order chi connectivity index (χ1) is 18.2. The number of benzene rings is 3. The molecule has 1 aliphatic rings. The zero-order valence-corrected chi connectivity index (χ0v) is 21.5. The lowest BCUT2D eigenvalue weighted by atomic mass is 9.98. The van der Waals surface area contributed by atoms with Gasteiger partial charge < -0.3 is 14.2 Å². The van der Waals surface area contributed by atoms with E-state index in [1.165, 1.54) is 25.0 Å². The van der Waals surface area contributed by atoms with Crippen LogP contribution in [0.25, 0.3) is 10.8 Å². The van der Waals surface area contributed by atoms with E-state index in [1.54, 1.807) is 12.1 Å². The van der Waals surface area contributed by atoms with Crippen molar-refractivity contribution in [3.05, 3.63) is 76.9 Å². The van der Waals surface area contributed by atoms with Crippen LogP contribution in [-0.4, -0.2) is 32.3 Å². The molecule has 8 heteroatoms. The Morgan fingerprint density at radius 1 is 0.868 bits per heavy atom. The monoisotopic (exact) mass is 536 g/mol. The summed E-state index contributed by atoms with van der Waals surface area (Å²) in [5.74, 6) is -1.19. The van der Waals surface area contributed by atoms with Gasteiger partial charge in [0.25, 0.3) is 0 Å². The van der Waals surface area contributed by atoms with E-state index in [4.69, 9.17) is 9.47 Å². The summed E-state index contributed by atoms with van der Waals surface area (Å²) in [6, 6.07) is 13.1. The molecule has 0 radical (unpaired) electrons. The largest absolute Gasteiger partial charge is 0.481 e. The highest BCUT2D eigenvalue weighted by molar-refractivity contribution is 5.84. The predicted molar refractivity (Wildman–Crippen MR) is 136 cm³/mol. The molecular formula is C30H33F5O3. The molecule has 0 amide bonds. The summed E-state index contributed by atoms with van der Waals surface area (Å²) in [6.07, 6.45) is 0.885. The number of alkyl halides is 3. The standard InChI is InChI=1S/C30H33F5O3/c1-2-3-4-22-17-36-28(37-18-22)14-8-20-6-12-25-24(15-20)11-10-23(29(25)32)9-5-21-7-13-27(26(31)16-21)38-19-30(33,34)35/h6-7,10-13,15-16,22,28H,2-5,8-9,14,17-19H2,1H3. The van der Waals surface area contributed by atoms with Crippen molar-refractivity contribution in [2.45, 2.75) is 64.3 Å². The molecule has 1 heterocycles. The van der Waals surface area contributed by atoms with Crippen LogP contribution in [0.1, 0.15) is 49.3 Å². The molecule has 0 spiro atoms. The second-order valence-corrected chi connectivity index (χ2v) is 9.91. The Kier molecular flexibility index (Phi) is 9.60. The Balaban J connectivity index is 1.31. The van der Waals surface area contributed by atoms with Gasteiger partial charge in [0.15, 0.2) is 24.5 Å². The lowest BCUT2D eigenvalue weighted by Crippen LogP contribution is -2.32. The molecule has 0 unspecified atom stereocenters. The summed E-state index contributed by atoms with van der Waals surface area (Å²) in [7, 11) is 0. The van der Waals surface area contributed by atoms with Crippen LogP contribution in [0.5, 0.6) is 5.75 Å². The topological polar surface area (TPSA) is 27.7 Å². The fraction of sp³-hybridized carbons (Fsp3) is 0.467. The quantitative estimate of drug-likeness (QED) is 0.233. The third-order valence-electron chi connectivity index (χ3n) is 6.84. The minimum atomic E-state index is -4.55. The molecule has 0 N–H and O–H groups in total. The molecule has 0 bridgehead atoms. The fourth-order valence-electron chi connectivity index (χ4n) is 4.68. The van der Waals surface area contributed by atoms with Gasteiger partial charge in [-0.05, 0) is 59.9 Å². The van der Waals surface area contributed by atoms with Crippen LogP contribution >= 0.6 is 0 Å². The third kappa shape index (κ3) is 7.90. The maximum Gasteiger partial charge on any atom is 0.422 e. The van der Waals surface area contributed by atoms with Gasteiger partial charge in [0.1, 0.15) is 5.82 Å². The lowest BCUT2D eigenvalue weighted by molar-refractivity contribution is -0.203. The van der Waals surface area contributed by atoms with E-state index in [9.17, 15) is 17.6 Å². The summed E-state index contributed by atoms with van der Waals surface area (Å²) >= 11 is 0. The van der Waals surface area contributed by atoms with Crippen LogP contribution in [0.2, 0.25) is 0 Å². The molecule has 4 rings (SSSR count). The van der Waals surface area contributed by atoms with E-state index in [1.807, 2.05) is 18.2 Å². The molecular weight excluding hydrogens is 503 g/mol. The molecule has 0 saturated carbocycles. The van der Waals surface area contributed by atoms with Crippen LogP contribution in [0.4, 0.5) is 22.0 Å². The molecule has 1 aliphatic heterocycles. The SMILES string of the molecule is CCCCC1COC(CCc2ccc3c(F)c(CCc4ccc(OCC(F)(F)F)c(F)c4)ccc3c2)OC1. The third-order valence-corrected chi connectivity index (χ3v) is 6.84. The minimum Gasteiger partial charge on any atom is -0.481 e. The lowest BCUT2D eigenvalue weighted by Gasteiger charge is -2.29. The van der Waals surface area contributed by atoms with Crippen LogP contribution in [0, 0.1) is 17.6 Å². The Labute approximate surface area is 219 Å². The molecule has 0 aliphatic carbocycles. The number of hydrogen-bond donors (Lipinski definition) is 0. The highest BCUT2D eigenvalue weighted by Crippen LogP contribution is 2.27. The maximum atomic E-state index is 15.2. The van der Waals surface area contributed by atoms with Gasteiger partial charge in [0.05, 0.1) is 13.2 Å². The Morgan fingerprint density at radius 2 is 1.61 bits per heavy atom. The molecule has 0 aromatic heterocycles. The highest BCUT2D eigenvalue weighted by Gasteiger charge is 2.29. The smallest absolute Gasteiger partial charge is 0.422 e. The molecule has 3 nitrogen and oxygen atoms in total. The van der Waals surface area contributed by atoms with E-state index in [0.29, 0.717) is 35.3 Å².